The third kappa shape index (κ3) is 5.67. The second-order valence-corrected chi connectivity index (χ2v) is 6.04. The van der Waals surface area contributed by atoms with Crippen molar-refractivity contribution in [2.75, 3.05) is 18.9 Å². The number of anilines is 1. The lowest BCUT2D eigenvalue weighted by Crippen LogP contribution is -2.28. The maximum absolute atomic E-state index is 13.0. The Labute approximate surface area is 149 Å². The van der Waals surface area contributed by atoms with E-state index in [0.717, 1.165) is 11.6 Å². The van der Waals surface area contributed by atoms with Gasteiger partial charge in [-0.2, -0.15) is 13.2 Å². The van der Waals surface area contributed by atoms with Gasteiger partial charge >= 0.3 is 6.18 Å². The van der Waals surface area contributed by atoms with Crippen molar-refractivity contribution in [1.29, 1.82) is 0 Å². The van der Waals surface area contributed by atoms with Gasteiger partial charge in [-0.05, 0) is 23.8 Å². The highest BCUT2D eigenvalue weighted by Gasteiger charge is 2.33. The molecule has 2 aromatic rings. The number of hydrogen-bond donors (Lipinski definition) is 1. The summed E-state index contributed by atoms with van der Waals surface area (Å²) in [5, 5.41) is 2.68. The van der Waals surface area contributed by atoms with Crippen LogP contribution in [0.1, 0.15) is 17.5 Å². The van der Waals surface area contributed by atoms with E-state index in [2.05, 4.69) is 5.32 Å². The van der Waals surface area contributed by atoms with Gasteiger partial charge in [0, 0.05) is 37.3 Å². The third-order valence-corrected chi connectivity index (χ3v) is 3.86. The first-order valence-electron chi connectivity index (χ1n) is 7.66. The predicted octanol–water partition coefficient (Wildman–Crippen LogP) is 4.82. The minimum absolute atomic E-state index is 0.0107. The summed E-state index contributed by atoms with van der Waals surface area (Å²) < 4.78 is 39.0. The Bertz CT molecular complexity index is 720. The van der Waals surface area contributed by atoms with E-state index in [1.165, 1.54) is 12.1 Å². The molecular weight excluding hydrogens is 353 g/mol. The average Bonchev–Trinajstić information content (AvgIpc) is 2.56. The van der Waals surface area contributed by atoms with Gasteiger partial charge in [0.15, 0.2) is 0 Å². The summed E-state index contributed by atoms with van der Waals surface area (Å²) in [7, 11) is 1.67. The van der Waals surface area contributed by atoms with E-state index in [1.54, 1.807) is 11.9 Å². The highest BCUT2D eigenvalue weighted by atomic mass is 35.5. The average molecular weight is 371 g/mol. The first-order valence-corrected chi connectivity index (χ1v) is 8.03. The topological polar surface area (TPSA) is 32.3 Å². The molecule has 25 heavy (non-hydrogen) atoms. The molecule has 2 rings (SSSR count). The largest absolute Gasteiger partial charge is 0.418 e. The molecule has 0 atom stereocenters. The Morgan fingerprint density at radius 3 is 2.48 bits per heavy atom. The van der Waals surface area contributed by atoms with Gasteiger partial charge in [-0.25, -0.2) is 0 Å². The van der Waals surface area contributed by atoms with Crippen molar-refractivity contribution in [3.05, 3.63) is 64.7 Å². The van der Waals surface area contributed by atoms with Crippen molar-refractivity contribution in [1.82, 2.24) is 4.90 Å². The molecule has 1 N–H and O–H groups in total. The second kappa shape index (κ2) is 8.25. The maximum atomic E-state index is 13.0. The molecule has 0 unspecified atom stereocenters. The van der Waals surface area contributed by atoms with Gasteiger partial charge in [-0.15, -0.1) is 0 Å². The number of benzene rings is 2. The van der Waals surface area contributed by atoms with Crippen LogP contribution in [0.4, 0.5) is 18.9 Å². The van der Waals surface area contributed by atoms with Crippen molar-refractivity contribution < 1.29 is 18.0 Å². The van der Waals surface area contributed by atoms with Crippen LogP contribution in [-0.2, 0) is 17.5 Å². The SMILES string of the molecule is CN(Cc1ccccc1)C(=O)CCNc1ccc(Cl)cc1C(F)(F)F. The molecule has 1 amide bonds. The first-order chi connectivity index (χ1) is 11.8. The van der Waals surface area contributed by atoms with Crippen LogP contribution in [0.25, 0.3) is 0 Å². The Morgan fingerprint density at radius 2 is 1.84 bits per heavy atom. The number of halogens is 4. The smallest absolute Gasteiger partial charge is 0.384 e. The lowest BCUT2D eigenvalue weighted by Gasteiger charge is -2.18. The van der Waals surface area contributed by atoms with Gasteiger partial charge in [0.1, 0.15) is 0 Å². The monoisotopic (exact) mass is 370 g/mol. The third-order valence-electron chi connectivity index (χ3n) is 3.63. The minimum Gasteiger partial charge on any atom is -0.384 e. The van der Waals surface area contributed by atoms with Crippen molar-refractivity contribution in [2.45, 2.75) is 19.1 Å². The zero-order valence-electron chi connectivity index (χ0n) is 13.6. The predicted molar refractivity (Wildman–Crippen MR) is 92.5 cm³/mol. The number of carbonyl (C=O) groups excluding carboxylic acids is 1. The standard InChI is InChI=1S/C18H18ClF3N2O/c1-24(12-13-5-3-2-4-6-13)17(25)9-10-23-16-8-7-14(19)11-15(16)18(20,21)22/h2-8,11,23H,9-10,12H2,1H3. The van der Waals surface area contributed by atoms with Gasteiger partial charge in [-0.3, -0.25) is 4.79 Å². The van der Waals surface area contributed by atoms with Crippen LogP contribution < -0.4 is 5.32 Å². The van der Waals surface area contributed by atoms with Crippen molar-refractivity contribution in [2.24, 2.45) is 0 Å². The van der Waals surface area contributed by atoms with Crippen molar-refractivity contribution >= 4 is 23.2 Å². The molecule has 0 aliphatic carbocycles. The van der Waals surface area contributed by atoms with E-state index in [9.17, 15) is 18.0 Å². The lowest BCUT2D eigenvalue weighted by molar-refractivity contribution is -0.137. The molecule has 0 bridgehead atoms. The fourth-order valence-corrected chi connectivity index (χ4v) is 2.52. The Kier molecular flexibility index (Phi) is 6.31. The first kappa shape index (κ1) is 19.1. The zero-order chi connectivity index (χ0) is 18.4. The minimum atomic E-state index is -4.51. The van der Waals surface area contributed by atoms with Gasteiger partial charge in [-0.1, -0.05) is 41.9 Å². The van der Waals surface area contributed by atoms with Crippen LogP contribution in [0.3, 0.4) is 0 Å². The van der Waals surface area contributed by atoms with Crippen LogP contribution in [0.15, 0.2) is 48.5 Å². The summed E-state index contributed by atoms with van der Waals surface area (Å²) in [4.78, 5) is 13.7. The lowest BCUT2D eigenvalue weighted by atomic mass is 10.1. The normalized spacial score (nSPS) is 11.2. The summed E-state index contributed by atoms with van der Waals surface area (Å²) in [6, 6.07) is 13.0. The van der Waals surface area contributed by atoms with E-state index in [1.807, 2.05) is 30.3 Å². The molecule has 134 valence electrons. The van der Waals surface area contributed by atoms with Crippen molar-refractivity contribution in [3.8, 4) is 0 Å². The fourth-order valence-electron chi connectivity index (χ4n) is 2.35. The zero-order valence-corrected chi connectivity index (χ0v) is 14.4. The quantitative estimate of drug-likeness (QED) is 0.790. The number of nitrogens with one attached hydrogen (secondary N) is 1. The maximum Gasteiger partial charge on any atom is 0.418 e. The summed E-state index contributed by atoms with van der Waals surface area (Å²) in [6.45, 7) is 0.553. The van der Waals surface area contributed by atoms with Crippen LogP contribution >= 0.6 is 11.6 Å². The number of carbonyl (C=O) groups is 1. The van der Waals surface area contributed by atoms with E-state index in [-0.39, 0.29) is 29.6 Å². The molecule has 0 heterocycles. The Morgan fingerprint density at radius 1 is 1.16 bits per heavy atom. The molecule has 2 aromatic carbocycles. The molecule has 0 aromatic heterocycles. The summed E-state index contributed by atoms with van der Waals surface area (Å²) in [5.74, 6) is -0.154. The summed E-state index contributed by atoms with van der Waals surface area (Å²) >= 11 is 5.64. The Hall–Kier alpha value is -2.21. The molecule has 0 radical (unpaired) electrons. The summed E-state index contributed by atoms with van der Waals surface area (Å²) in [6.07, 6.45) is -4.43. The van der Waals surface area contributed by atoms with E-state index >= 15 is 0 Å². The molecule has 0 saturated carbocycles. The van der Waals surface area contributed by atoms with Gasteiger partial charge in [0.25, 0.3) is 0 Å². The molecule has 0 aliphatic heterocycles. The molecule has 0 saturated heterocycles. The molecule has 3 nitrogen and oxygen atoms in total. The summed E-state index contributed by atoms with van der Waals surface area (Å²) in [5.41, 5.74) is 0.0591. The highest BCUT2D eigenvalue weighted by Crippen LogP contribution is 2.36. The van der Waals surface area contributed by atoms with E-state index < -0.39 is 11.7 Å². The van der Waals surface area contributed by atoms with Crippen LogP contribution in [-0.4, -0.2) is 24.4 Å². The second-order valence-electron chi connectivity index (χ2n) is 5.60. The van der Waals surface area contributed by atoms with Crippen LogP contribution in [0.5, 0.6) is 0 Å². The molecule has 0 aliphatic rings. The van der Waals surface area contributed by atoms with Gasteiger partial charge in [0.2, 0.25) is 5.91 Å². The van der Waals surface area contributed by atoms with E-state index in [4.69, 9.17) is 11.6 Å². The van der Waals surface area contributed by atoms with Crippen LogP contribution in [0, 0.1) is 0 Å². The highest BCUT2D eigenvalue weighted by molar-refractivity contribution is 6.30. The fraction of sp³-hybridized carbons (Fsp3) is 0.278. The number of rotatable bonds is 6. The molecular formula is C18H18ClF3N2O. The number of nitrogens with zero attached hydrogens (tertiary/aromatic N) is 1. The number of amides is 1. The van der Waals surface area contributed by atoms with Crippen LogP contribution in [0.2, 0.25) is 5.02 Å². The van der Waals surface area contributed by atoms with Crippen molar-refractivity contribution in [3.63, 3.8) is 0 Å². The van der Waals surface area contributed by atoms with E-state index in [0.29, 0.717) is 6.54 Å². The Balaban J connectivity index is 1.91. The van der Waals surface area contributed by atoms with Gasteiger partial charge in [0.05, 0.1) is 5.56 Å². The molecule has 0 spiro atoms. The molecule has 0 fully saturated rings. The molecule has 7 heteroatoms. The van der Waals surface area contributed by atoms with Gasteiger partial charge < -0.3 is 10.2 Å². The number of alkyl halides is 3. The number of hydrogen-bond acceptors (Lipinski definition) is 2.